The van der Waals surface area contributed by atoms with E-state index in [1.54, 1.807) is 43.3 Å². The molecule has 0 bridgehead atoms. The summed E-state index contributed by atoms with van der Waals surface area (Å²) in [5.74, 6) is -0.601. The summed E-state index contributed by atoms with van der Waals surface area (Å²) >= 11 is 10.5. The molecule has 0 radical (unpaired) electrons. The molecule has 0 saturated heterocycles. The lowest BCUT2D eigenvalue weighted by Crippen LogP contribution is -2.14. The van der Waals surface area contributed by atoms with Gasteiger partial charge in [0.1, 0.15) is 16.4 Å². The molecule has 2 aliphatic rings. The quantitative estimate of drug-likeness (QED) is 0.513. The van der Waals surface area contributed by atoms with Gasteiger partial charge in [0.05, 0.1) is 22.1 Å². The van der Waals surface area contributed by atoms with Crippen molar-refractivity contribution in [1.29, 1.82) is 0 Å². The molecule has 1 N–H and O–H groups in total. The van der Waals surface area contributed by atoms with E-state index in [-0.39, 0.29) is 40.4 Å². The van der Waals surface area contributed by atoms with Gasteiger partial charge in [-0.1, -0.05) is 51.4 Å². The molecule has 0 saturated carbocycles. The van der Waals surface area contributed by atoms with Crippen LogP contribution in [-0.2, 0) is 9.53 Å². The largest absolute Gasteiger partial charge is 0.506 e. The number of hydrogen-bond acceptors (Lipinski definition) is 7. The second kappa shape index (κ2) is 9.40. The van der Waals surface area contributed by atoms with Crippen LogP contribution in [0.5, 0.6) is 11.5 Å². The molecule has 0 aromatic heterocycles. The fourth-order valence-corrected chi connectivity index (χ4v) is 4.62. The van der Waals surface area contributed by atoms with Gasteiger partial charge in [0.25, 0.3) is 5.91 Å². The van der Waals surface area contributed by atoms with E-state index in [0.29, 0.717) is 26.4 Å². The second-order valence-corrected chi connectivity index (χ2v) is 8.78. The highest BCUT2D eigenvalue weighted by Crippen LogP contribution is 2.42. The number of nitrogens with zero attached hydrogens (tertiary/aromatic N) is 1. The fraction of sp³-hybridized carbons (Fsp3) is 0.136. The molecular weight excluding hydrogens is 522 g/mol. The van der Waals surface area contributed by atoms with Gasteiger partial charge in [-0.25, -0.2) is 9.79 Å². The fourth-order valence-electron chi connectivity index (χ4n) is 2.96. The number of carbonyl (C=O) groups is 2. The van der Waals surface area contributed by atoms with E-state index in [9.17, 15) is 14.7 Å². The van der Waals surface area contributed by atoms with E-state index in [1.165, 1.54) is 6.07 Å². The van der Waals surface area contributed by atoms with Gasteiger partial charge in [-0.05, 0) is 42.8 Å². The molecule has 164 valence electrons. The summed E-state index contributed by atoms with van der Waals surface area (Å²) in [5.41, 5.74) is 0.673. The Kier molecular flexibility index (Phi) is 6.59. The number of ether oxygens (including phenoxy) is 3. The molecule has 4 rings (SSSR count). The highest BCUT2D eigenvalue weighted by atomic mass is 79.9. The van der Waals surface area contributed by atoms with Gasteiger partial charge >= 0.3 is 5.97 Å². The first-order valence-corrected chi connectivity index (χ1v) is 11.3. The van der Waals surface area contributed by atoms with E-state index in [0.717, 1.165) is 11.8 Å². The van der Waals surface area contributed by atoms with Crippen molar-refractivity contribution in [2.24, 2.45) is 4.99 Å². The highest BCUT2D eigenvalue weighted by Gasteiger charge is 2.34. The lowest BCUT2D eigenvalue weighted by Gasteiger charge is -2.04. The van der Waals surface area contributed by atoms with Crippen LogP contribution >= 0.6 is 39.3 Å². The third-order valence-corrected chi connectivity index (χ3v) is 6.49. The zero-order valence-corrected chi connectivity index (χ0v) is 19.7. The van der Waals surface area contributed by atoms with Gasteiger partial charge in [-0.2, -0.15) is 0 Å². The van der Waals surface area contributed by atoms with Crippen LogP contribution in [-0.4, -0.2) is 35.4 Å². The lowest BCUT2D eigenvalue weighted by atomic mass is 10.1. The number of carbonyl (C=O) groups excluding carboxylic acids is 2. The topological polar surface area (TPSA) is 94.4 Å². The average molecular weight is 537 g/mol. The average Bonchev–Trinajstić information content (AvgIpc) is 3.32. The smallest absolute Gasteiger partial charge is 0.344 e. The summed E-state index contributed by atoms with van der Waals surface area (Å²) in [5, 5.41) is 11.1. The summed E-state index contributed by atoms with van der Waals surface area (Å²) in [7, 11) is 0. The molecule has 2 aromatic carbocycles. The second-order valence-electron chi connectivity index (χ2n) is 6.48. The zero-order valence-electron chi connectivity index (χ0n) is 16.6. The Morgan fingerprint density at radius 3 is 2.72 bits per heavy atom. The van der Waals surface area contributed by atoms with Crippen LogP contribution < -0.4 is 9.47 Å². The molecular formula is C22H15BrClNO6S. The van der Waals surface area contributed by atoms with Crippen LogP contribution in [0.2, 0.25) is 5.02 Å². The third kappa shape index (κ3) is 4.41. The van der Waals surface area contributed by atoms with Crippen molar-refractivity contribution in [3.8, 4) is 11.5 Å². The van der Waals surface area contributed by atoms with E-state index >= 15 is 0 Å². The highest BCUT2D eigenvalue weighted by molar-refractivity contribution is 9.10. The third-order valence-electron chi connectivity index (χ3n) is 4.46. The molecule has 1 amide bonds. The molecule has 0 aliphatic carbocycles. The van der Waals surface area contributed by atoms with Crippen LogP contribution in [0.15, 0.2) is 62.1 Å². The first-order chi connectivity index (χ1) is 15.4. The number of rotatable bonds is 4. The zero-order chi connectivity index (χ0) is 22.8. The summed E-state index contributed by atoms with van der Waals surface area (Å²) < 4.78 is 16.5. The van der Waals surface area contributed by atoms with Crippen molar-refractivity contribution < 1.29 is 28.9 Å². The van der Waals surface area contributed by atoms with Crippen LogP contribution in [0.1, 0.15) is 22.8 Å². The summed E-state index contributed by atoms with van der Waals surface area (Å²) in [6.07, 6.45) is 1.65. The molecule has 32 heavy (non-hydrogen) atoms. The van der Waals surface area contributed by atoms with E-state index in [1.807, 2.05) is 0 Å². The SMILES string of the molecule is CCOC(=O)C1=C(O)/C(=C/c2cc3c(cc2Br)OCO3)SC1=NC(=O)c1ccccc1Cl. The number of hydrogen-bond donors (Lipinski definition) is 1. The van der Waals surface area contributed by atoms with Crippen molar-refractivity contribution in [1.82, 2.24) is 0 Å². The Balaban J connectivity index is 1.75. The predicted molar refractivity (Wildman–Crippen MR) is 125 cm³/mol. The van der Waals surface area contributed by atoms with Gasteiger partial charge in [0.15, 0.2) is 11.5 Å². The maximum absolute atomic E-state index is 12.7. The number of esters is 1. The minimum absolute atomic E-state index is 0.0222. The summed E-state index contributed by atoms with van der Waals surface area (Å²) in [6, 6.07) is 9.93. The Hall–Kier alpha value is -2.75. The molecule has 2 heterocycles. The Morgan fingerprint density at radius 2 is 2.00 bits per heavy atom. The standard InChI is InChI=1S/C22H15BrClNO6S/c1-2-29-22(28)18-19(26)17(8-11-7-15-16(9-13(11)23)31-10-30-15)32-21(18)25-20(27)12-5-3-4-6-14(12)24/h3-9,26H,2,10H2,1H3/b17-8-,25-21?. The minimum atomic E-state index is -0.781. The molecule has 0 unspecified atom stereocenters. The van der Waals surface area contributed by atoms with Crippen molar-refractivity contribution in [3.05, 3.63) is 73.3 Å². The van der Waals surface area contributed by atoms with Crippen LogP contribution in [0.4, 0.5) is 0 Å². The van der Waals surface area contributed by atoms with E-state index in [4.69, 9.17) is 25.8 Å². The van der Waals surface area contributed by atoms with E-state index < -0.39 is 11.9 Å². The number of fused-ring (bicyclic) bond motifs is 1. The normalized spacial score (nSPS) is 17.3. The number of amides is 1. The molecule has 0 fully saturated rings. The molecule has 0 atom stereocenters. The first-order valence-electron chi connectivity index (χ1n) is 9.36. The molecule has 2 aromatic rings. The van der Waals surface area contributed by atoms with Crippen molar-refractivity contribution in [2.45, 2.75) is 6.92 Å². The maximum Gasteiger partial charge on any atom is 0.344 e. The van der Waals surface area contributed by atoms with Crippen LogP contribution in [0.25, 0.3) is 6.08 Å². The monoisotopic (exact) mass is 535 g/mol. The Bertz CT molecular complexity index is 1220. The Labute approximate surface area is 200 Å². The van der Waals surface area contributed by atoms with E-state index in [2.05, 4.69) is 20.9 Å². The van der Waals surface area contributed by atoms with Gasteiger partial charge in [-0.15, -0.1) is 0 Å². The summed E-state index contributed by atoms with van der Waals surface area (Å²) in [4.78, 5) is 29.6. The molecule has 2 aliphatic heterocycles. The number of aliphatic imine (C=N–C) groups is 1. The first kappa shape index (κ1) is 22.4. The van der Waals surface area contributed by atoms with Crippen molar-refractivity contribution in [2.75, 3.05) is 13.4 Å². The Morgan fingerprint density at radius 1 is 1.28 bits per heavy atom. The predicted octanol–water partition coefficient (Wildman–Crippen LogP) is 5.53. The van der Waals surface area contributed by atoms with Gasteiger partial charge in [0, 0.05) is 4.47 Å². The van der Waals surface area contributed by atoms with Gasteiger partial charge in [0.2, 0.25) is 6.79 Å². The molecule has 10 heteroatoms. The maximum atomic E-state index is 12.7. The van der Waals surface area contributed by atoms with Gasteiger partial charge < -0.3 is 19.3 Å². The lowest BCUT2D eigenvalue weighted by molar-refractivity contribution is -0.138. The van der Waals surface area contributed by atoms with Crippen LogP contribution in [0, 0.1) is 0 Å². The van der Waals surface area contributed by atoms with Crippen molar-refractivity contribution >= 4 is 62.3 Å². The van der Waals surface area contributed by atoms with Crippen LogP contribution in [0.3, 0.4) is 0 Å². The number of aliphatic hydroxyl groups excluding tert-OH is 1. The number of halogens is 2. The van der Waals surface area contributed by atoms with Crippen molar-refractivity contribution in [3.63, 3.8) is 0 Å². The molecule has 0 spiro atoms. The number of aliphatic hydroxyl groups is 1. The number of thioether (sulfide) groups is 1. The minimum Gasteiger partial charge on any atom is -0.506 e. The van der Waals surface area contributed by atoms with Gasteiger partial charge in [-0.3, -0.25) is 4.79 Å². The number of benzene rings is 2. The molecule has 7 nitrogen and oxygen atoms in total. The summed E-state index contributed by atoms with van der Waals surface area (Å²) in [6.45, 7) is 1.86.